The summed E-state index contributed by atoms with van der Waals surface area (Å²) < 4.78 is 29.5. The Bertz CT molecular complexity index is 642. The SMILES string of the molecule is COCO[C@H](C[C@H](CCCOCc1ccc(OC)cc1)O[Si](C(C)C)(C(C)C)C(C)C)[C@H](C)CO. The number of benzene rings is 1. The number of rotatable bonds is 19. The molecule has 35 heavy (non-hydrogen) atoms. The quantitative estimate of drug-likeness (QED) is 0.129. The summed E-state index contributed by atoms with van der Waals surface area (Å²) >= 11 is 0. The molecule has 0 saturated carbocycles. The average molecular weight is 513 g/mol. The van der Waals surface area contributed by atoms with E-state index >= 15 is 0 Å². The molecule has 7 heteroatoms. The third kappa shape index (κ3) is 10.1. The zero-order valence-corrected chi connectivity index (χ0v) is 24.7. The highest BCUT2D eigenvalue weighted by Crippen LogP contribution is 2.44. The van der Waals surface area contributed by atoms with E-state index in [0.29, 0.717) is 29.8 Å². The summed E-state index contributed by atoms with van der Waals surface area (Å²) in [4.78, 5) is 0. The van der Waals surface area contributed by atoms with Crippen LogP contribution < -0.4 is 4.74 Å². The van der Waals surface area contributed by atoms with Gasteiger partial charge in [0.25, 0.3) is 0 Å². The summed E-state index contributed by atoms with van der Waals surface area (Å²) in [5, 5.41) is 9.82. The van der Waals surface area contributed by atoms with E-state index in [1.165, 1.54) is 0 Å². The summed E-state index contributed by atoms with van der Waals surface area (Å²) in [5.74, 6) is 0.861. The fraction of sp³-hybridized carbons (Fsp3) is 0.786. The van der Waals surface area contributed by atoms with Gasteiger partial charge in [-0.1, -0.05) is 60.6 Å². The number of aliphatic hydroxyl groups excluding tert-OH is 1. The van der Waals surface area contributed by atoms with Crippen molar-refractivity contribution in [3.63, 3.8) is 0 Å². The van der Waals surface area contributed by atoms with Crippen molar-refractivity contribution in [2.75, 3.05) is 34.2 Å². The minimum Gasteiger partial charge on any atom is -0.497 e. The van der Waals surface area contributed by atoms with E-state index < -0.39 is 8.32 Å². The molecular formula is C28H52O6Si. The van der Waals surface area contributed by atoms with Gasteiger partial charge in [0.2, 0.25) is 8.32 Å². The van der Waals surface area contributed by atoms with Crippen molar-refractivity contribution >= 4 is 8.32 Å². The Morgan fingerprint density at radius 3 is 1.97 bits per heavy atom. The lowest BCUT2D eigenvalue weighted by Crippen LogP contribution is -2.51. The van der Waals surface area contributed by atoms with Gasteiger partial charge in [-0.25, -0.2) is 0 Å². The highest BCUT2D eigenvalue weighted by molar-refractivity contribution is 6.77. The van der Waals surface area contributed by atoms with Crippen molar-refractivity contribution in [3.05, 3.63) is 29.8 Å². The molecule has 1 aromatic carbocycles. The summed E-state index contributed by atoms with van der Waals surface area (Å²) in [6, 6.07) is 7.98. The predicted molar refractivity (Wildman–Crippen MR) is 145 cm³/mol. The van der Waals surface area contributed by atoms with E-state index in [-0.39, 0.29) is 31.5 Å². The van der Waals surface area contributed by atoms with Crippen LogP contribution in [0.25, 0.3) is 0 Å². The van der Waals surface area contributed by atoms with Gasteiger partial charge in [0.15, 0.2) is 0 Å². The Morgan fingerprint density at radius 1 is 0.886 bits per heavy atom. The minimum atomic E-state index is -2.07. The highest BCUT2D eigenvalue weighted by atomic mass is 28.4. The van der Waals surface area contributed by atoms with E-state index in [0.717, 1.165) is 30.6 Å². The van der Waals surface area contributed by atoms with Crippen LogP contribution in [0.4, 0.5) is 0 Å². The first-order chi connectivity index (χ1) is 16.6. The molecule has 0 saturated heterocycles. The number of ether oxygens (including phenoxy) is 4. The van der Waals surface area contributed by atoms with Crippen LogP contribution in [0.5, 0.6) is 5.75 Å². The van der Waals surface area contributed by atoms with Crippen molar-refractivity contribution in [1.29, 1.82) is 0 Å². The van der Waals surface area contributed by atoms with Crippen LogP contribution in [-0.2, 0) is 25.2 Å². The minimum absolute atomic E-state index is 0.00999. The third-order valence-corrected chi connectivity index (χ3v) is 13.3. The molecule has 1 aromatic rings. The molecule has 0 spiro atoms. The first kappa shape index (κ1) is 32.1. The van der Waals surface area contributed by atoms with E-state index in [9.17, 15) is 5.11 Å². The van der Waals surface area contributed by atoms with Crippen molar-refractivity contribution in [2.45, 2.75) is 103 Å². The molecule has 0 bridgehead atoms. The lowest BCUT2D eigenvalue weighted by molar-refractivity contribution is -0.107. The number of hydrogen-bond acceptors (Lipinski definition) is 6. The van der Waals surface area contributed by atoms with Crippen molar-refractivity contribution in [2.24, 2.45) is 5.92 Å². The molecule has 1 N–H and O–H groups in total. The topological polar surface area (TPSA) is 66.4 Å². The molecular weight excluding hydrogens is 460 g/mol. The summed E-state index contributed by atoms with van der Waals surface area (Å²) in [5.41, 5.74) is 2.65. The summed E-state index contributed by atoms with van der Waals surface area (Å²) in [7, 11) is 1.23. The molecule has 0 fully saturated rings. The van der Waals surface area contributed by atoms with Crippen LogP contribution in [0.2, 0.25) is 16.6 Å². The number of hydrogen-bond donors (Lipinski definition) is 1. The molecule has 3 atom stereocenters. The monoisotopic (exact) mass is 512 g/mol. The number of aliphatic hydroxyl groups is 1. The van der Waals surface area contributed by atoms with Gasteiger partial charge in [-0.05, 0) is 53.6 Å². The maximum Gasteiger partial charge on any atom is 0.200 e. The second kappa shape index (κ2) is 16.7. The van der Waals surface area contributed by atoms with Gasteiger partial charge in [-0.2, -0.15) is 0 Å². The number of methoxy groups -OCH3 is 2. The van der Waals surface area contributed by atoms with Gasteiger partial charge in [0, 0.05) is 32.3 Å². The molecule has 0 radical (unpaired) electrons. The molecule has 204 valence electrons. The fourth-order valence-corrected chi connectivity index (χ4v) is 10.9. The first-order valence-corrected chi connectivity index (χ1v) is 15.4. The maximum absolute atomic E-state index is 9.82. The summed E-state index contributed by atoms with van der Waals surface area (Å²) in [6.45, 7) is 17.5. The predicted octanol–water partition coefficient (Wildman–Crippen LogP) is 6.56. The Hall–Kier alpha value is -0.963. The maximum atomic E-state index is 9.82. The fourth-order valence-electron chi connectivity index (χ4n) is 5.24. The van der Waals surface area contributed by atoms with Crippen LogP contribution in [0.1, 0.15) is 73.3 Å². The zero-order valence-electron chi connectivity index (χ0n) is 23.7. The van der Waals surface area contributed by atoms with Gasteiger partial charge in [-0.3, -0.25) is 0 Å². The van der Waals surface area contributed by atoms with Crippen LogP contribution in [0.3, 0.4) is 0 Å². The smallest absolute Gasteiger partial charge is 0.200 e. The van der Waals surface area contributed by atoms with Crippen molar-refractivity contribution < 1.29 is 28.5 Å². The Morgan fingerprint density at radius 2 is 1.49 bits per heavy atom. The van der Waals surface area contributed by atoms with Gasteiger partial charge >= 0.3 is 0 Å². The largest absolute Gasteiger partial charge is 0.497 e. The molecule has 0 aliphatic carbocycles. The average Bonchev–Trinajstić information content (AvgIpc) is 2.83. The molecule has 0 amide bonds. The van der Waals surface area contributed by atoms with E-state index in [1.807, 2.05) is 31.2 Å². The van der Waals surface area contributed by atoms with Gasteiger partial charge in [0.1, 0.15) is 12.5 Å². The van der Waals surface area contributed by atoms with Gasteiger partial charge < -0.3 is 28.5 Å². The zero-order chi connectivity index (χ0) is 26.4. The molecule has 0 aliphatic heterocycles. The molecule has 6 nitrogen and oxygen atoms in total. The summed E-state index contributed by atoms with van der Waals surface area (Å²) in [6.07, 6.45) is 2.47. The Balaban J connectivity index is 2.89. The first-order valence-electron chi connectivity index (χ1n) is 13.2. The molecule has 0 aromatic heterocycles. The van der Waals surface area contributed by atoms with Crippen LogP contribution >= 0.6 is 0 Å². The third-order valence-electron chi connectivity index (χ3n) is 7.14. The van der Waals surface area contributed by atoms with Crippen LogP contribution in [-0.4, -0.2) is 59.9 Å². The van der Waals surface area contributed by atoms with Crippen molar-refractivity contribution in [1.82, 2.24) is 0 Å². The van der Waals surface area contributed by atoms with E-state index in [1.54, 1.807) is 14.2 Å². The Labute approximate surface area is 215 Å². The molecule has 0 aliphatic rings. The van der Waals surface area contributed by atoms with Gasteiger partial charge in [0.05, 0.1) is 19.8 Å². The van der Waals surface area contributed by atoms with Gasteiger partial charge in [-0.15, -0.1) is 0 Å². The lowest BCUT2D eigenvalue weighted by Gasteiger charge is -2.45. The second-order valence-electron chi connectivity index (χ2n) is 10.6. The lowest BCUT2D eigenvalue weighted by atomic mass is 9.98. The second-order valence-corrected chi connectivity index (χ2v) is 16.0. The van der Waals surface area contributed by atoms with E-state index in [2.05, 4.69) is 41.5 Å². The molecule has 0 heterocycles. The Kier molecular flexibility index (Phi) is 15.3. The van der Waals surface area contributed by atoms with E-state index in [4.69, 9.17) is 23.4 Å². The standard InChI is InChI=1S/C28H52O6Si/c1-21(2)35(22(3)4,23(5)6)34-27(17-28(24(7)18-29)33-20-30-8)11-10-16-32-19-25-12-14-26(31-9)15-13-25/h12-15,21-24,27-29H,10-11,16-20H2,1-9H3/t24-,27+,28-/m1/s1. The highest BCUT2D eigenvalue weighted by Gasteiger charge is 2.46. The normalized spacial score (nSPS) is 15.1. The van der Waals surface area contributed by atoms with Crippen LogP contribution in [0, 0.1) is 5.92 Å². The van der Waals surface area contributed by atoms with Crippen LogP contribution in [0.15, 0.2) is 24.3 Å². The molecule has 1 rings (SSSR count). The molecule has 0 unspecified atom stereocenters. The van der Waals surface area contributed by atoms with Crippen molar-refractivity contribution in [3.8, 4) is 5.75 Å².